The quantitative estimate of drug-likeness (QED) is 0.732. The molecule has 14 heavy (non-hydrogen) atoms. The first kappa shape index (κ1) is 10.4. The SMILES string of the molecule is C=C(C)CNC(=O)c1cccc(F)c1. The average molecular weight is 193 g/mol. The lowest BCUT2D eigenvalue weighted by molar-refractivity contribution is 0.0956. The summed E-state index contributed by atoms with van der Waals surface area (Å²) in [5, 5.41) is 2.62. The summed E-state index contributed by atoms with van der Waals surface area (Å²) in [5.74, 6) is -0.694. The summed E-state index contributed by atoms with van der Waals surface area (Å²) in [5.41, 5.74) is 1.18. The highest BCUT2D eigenvalue weighted by atomic mass is 19.1. The summed E-state index contributed by atoms with van der Waals surface area (Å²) in [6.45, 7) is 5.87. The van der Waals surface area contributed by atoms with Gasteiger partial charge in [-0.25, -0.2) is 4.39 Å². The number of rotatable bonds is 3. The minimum Gasteiger partial charge on any atom is -0.348 e. The van der Waals surface area contributed by atoms with E-state index in [2.05, 4.69) is 11.9 Å². The number of halogens is 1. The van der Waals surface area contributed by atoms with Crippen LogP contribution in [-0.2, 0) is 0 Å². The van der Waals surface area contributed by atoms with Crippen molar-refractivity contribution in [3.63, 3.8) is 0 Å². The van der Waals surface area contributed by atoms with Gasteiger partial charge in [0.1, 0.15) is 5.82 Å². The van der Waals surface area contributed by atoms with E-state index < -0.39 is 5.82 Å². The van der Waals surface area contributed by atoms with Crippen molar-refractivity contribution in [3.8, 4) is 0 Å². The summed E-state index contributed by atoms with van der Waals surface area (Å²) in [6.07, 6.45) is 0. The molecule has 0 unspecified atom stereocenters. The predicted octanol–water partition coefficient (Wildman–Crippen LogP) is 2.13. The molecule has 0 aliphatic rings. The topological polar surface area (TPSA) is 29.1 Å². The fraction of sp³-hybridized carbons (Fsp3) is 0.182. The van der Waals surface area contributed by atoms with Crippen LogP contribution < -0.4 is 5.32 Å². The van der Waals surface area contributed by atoms with Gasteiger partial charge in [-0.1, -0.05) is 18.2 Å². The van der Waals surface area contributed by atoms with E-state index in [1.165, 1.54) is 18.2 Å². The monoisotopic (exact) mass is 193 g/mol. The van der Waals surface area contributed by atoms with Gasteiger partial charge in [0.25, 0.3) is 5.91 Å². The van der Waals surface area contributed by atoms with Crippen LogP contribution in [0.5, 0.6) is 0 Å². The molecule has 0 saturated carbocycles. The molecular weight excluding hydrogens is 181 g/mol. The number of nitrogens with one attached hydrogen (secondary N) is 1. The van der Waals surface area contributed by atoms with Crippen LogP contribution in [0.1, 0.15) is 17.3 Å². The molecule has 0 radical (unpaired) electrons. The lowest BCUT2D eigenvalue weighted by atomic mass is 10.2. The Bertz CT molecular complexity index is 360. The molecule has 1 rings (SSSR count). The van der Waals surface area contributed by atoms with Gasteiger partial charge in [-0.3, -0.25) is 4.79 Å². The highest BCUT2D eigenvalue weighted by Crippen LogP contribution is 2.03. The highest BCUT2D eigenvalue weighted by molar-refractivity contribution is 5.94. The molecule has 0 saturated heterocycles. The van der Waals surface area contributed by atoms with Crippen molar-refractivity contribution in [1.82, 2.24) is 5.32 Å². The molecule has 0 atom stereocenters. The molecule has 0 heterocycles. The molecule has 0 bridgehead atoms. The Balaban J connectivity index is 2.65. The molecular formula is C11H12FNO. The fourth-order valence-corrected chi connectivity index (χ4v) is 0.963. The number of hydrogen-bond donors (Lipinski definition) is 1. The summed E-state index contributed by atoms with van der Waals surface area (Å²) >= 11 is 0. The van der Waals surface area contributed by atoms with Crippen molar-refractivity contribution in [2.45, 2.75) is 6.92 Å². The summed E-state index contributed by atoms with van der Waals surface area (Å²) < 4.78 is 12.7. The summed E-state index contributed by atoms with van der Waals surface area (Å²) in [6, 6.07) is 5.57. The minimum absolute atomic E-state index is 0.285. The van der Waals surface area contributed by atoms with E-state index in [1.54, 1.807) is 6.07 Å². The van der Waals surface area contributed by atoms with Gasteiger partial charge in [0.05, 0.1) is 0 Å². The van der Waals surface area contributed by atoms with Crippen molar-refractivity contribution in [2.24, 2.45) is 0 Å². The van der Waals surface area contributed by atoms with Gasteiger partial charge in [0.15, 0.2) is 0 Å². The van der Waals surface area contributed by atoms with Crippen LogP contribution in [0.4, 0.5) is 4.39 Å². The number of amides is 1. The van der Waals surface area contributed by atoms with Crippen LogP contribution in [0, 0.1) is 5.82 Å². The third kappa shape index (κ3) is 3.01. The normalized spacial score (nSPS) is 9.57. The molecule has 1 N–H and O–H groups in total. The second kappa shape index (κ2) is 4.56. The Kier molecular flexibility index (Phi) is 3.40. The molecule has 0 aromatic heterocycles. The zero-order chi connectivity index (χ0) is 10.6. The lowest BCUT2D eigenvalue weighted by Gasteiger charge is -2.04. The van der Waals surface area contributed by atoms with E-state index in [9.17, 15) is 9.18 Å². The second-order valence-electron chi connectivity index (χ2n) is 3.15. The molecule has 3 heteroatoms. The number of hydrogen-bond acceptors (Lipinski definition) is 1. The van der Waals surface area contributed by atoms with Crippen molar-refractivity contribution >= 4 is 5.91 Å². The molecule has 0 fully saturated rings. The maximum absolute atomic E-state index is 12.7. The van der Waals surface area contributed by atoms with Gasteiger partial charge in [0, 0.05) is 12.1 Å². The maximum Gasteiger partial charge on any atom is 0.251 e. The second-order valence-corrected chi connectivity index (χ2v) is 3.15. The zero-order valence-electron chi connectivity index (χ0n) is 8.01. The van der Waals surface area contributed by atoms with Crippen molar-refractivity contribution in [2.75, 3.05) is 6.54 Å². The molecule has 2 nitrogen and oxygen atoms in total. The summed E-state index contributed by atoms with van der Waals surface area (Å²) in [7, 11) is 0. The van der Waals surface area contributed by atoms with E-state index in [4.69, 9.17) is 0 Å². The van der Waals surface area contributed by atoms with Crippen molar-refractivity contribution in [1.29, 1.82) is 0 Å². The highest BCUT2D eigenvalue weighted by Gasteiger charge is 2.04. The lowest BCUT2D eigenvalue weighted by Crippen LogP contribution is -2.24. The van der Waals surface area contributed by atoms with Crippen LogP contribution in [0.3, 0.4) is 0 Å². The van der Waals surface area contributed by atoms with Crippen LogP contribution >= 0.6 is 0 Å². The van der Waals surface area contributed by atoms with E-state index >= 15 is 0 Å². The van der Waals surface area contributed by atoms with Gasteiger partial charge in [-0.2, -0.15) is 0 Å². The van der Waals surface area contributed by atoms with Crippen LogP contribution in [0.2, 0.25) is 0 Å². The van der Waals surface area contributed by atoms with E-state index in [0.29, 0.717) is 12.1 Å². The molecule has 0 aliphatic carbocycles. The largest absolute Gasteiger partial charge is 0.348 e. The van der Waals surface area contributed by atoms with Gasteiger partial charge >= 0.3 is 0 Å². The first-order valence-electron chi connectivity index (χ1n) is 4.28. The third-order valence-corrected chi connectivity index (χ3v) is 1.64. The Hall–Kier alpha value is -1.64. The van der Waals surface area contributed by atoms with Gasteiger partial charge < -0.3 is 5.32 Å². The molecule has 1 aromatic rings. The fourth-order valence-electron chi connectivity index (χ4n) is 0.963. The van der Waals surface area contributed by atoms with Crippen molar-refractivity contribution < 1.29 is 9.18 Å². The molecule has 0 spiro atoms. The Morgan fingerprint density at radius 3 is 2.86 bits per heavy atom. The first-order valence-corrected chi connectivity index (χ1v) is 4.28. The third-order valence-electron chi connectivity index (χ3n) is 1.64. The minimum atomic E-state index is -0.409. The van der Waals surface area contributed by atoms with Crippen LogP contribution in [-0.4, -0.2) is 12.5 Å². The first-order chi connectivity index (χ1) is 6.59. The van der Waals surface area contributed by atoms with Gasteiger partial charge in [-0.15, -0.1) is 0 Å². The van der Waals surface area contributed by atoms with E-state index in [-0.39, 0.29) is 5.91 Å². The Labute approximate surface area is 82.4 Å². The van der Waals surface area contributed by atoms with E-state index in [0.717, 1.165) is 5.57 Å². The van der Waals surface area contributed by atoms with Crippen molar-refractivity contribution in [3.05, 3.63) is 47.8 Å². The smallest absolute Gasteiger partial charge is 0.251 e. The predicted molar refractivity (Wildman–Crippen MR) is 53.5 cm³/mol. The number of benzene rings is 1. The maximum atomic E-state index is 12.7. The van der Waals surface area contributed by atoms with Gasteiger partial charge in [-0.05, 0) is 25.1 Å². The Morgan fingerprint density at radius 1 is 1.57 bits per heavy atom. The van der Waals surface area contributed by atoms with E-state index in [1.807, 2.05) is 6.92 Å². The average Bonchev–Trinajstić information content (AvgIpc) is 2.14. The van der Waals surface area contributed by atoms with Crippen LogP contribution in [0.25, 0.3) is 0 Å². The van der Waals surface area contributed by atoms with Crippen LogP contribution in [0.15, 0.2) is 36.4 Å². The molecule has 74 valence electrons. The van der Waals surface area contributed by atoms with Gasteiger partial charge in [0.2, 0.25) is 0 Å². The summed E-state index contributed by atoms with van der Waals surface area (Å²) in [4.78, 5) is 11.4. The molecule has 1 amide bonds. The Morgan fingerprint density at radius 2 is 2.29 bits per heavy atom. The number of carbonyl (C=O) groups is 1. The zero-order valence-corrected chi connectivity index (χ0v) is 8.01. The standard InChI is InChI=1S/C11H12FNO/c1-8(2)7-13-11(14)9-4-3-5-10(12)6-9/h3-6H,1,7H2,2H3,(H,13,14). The molecule has 0 aliphatic heterocycles. The molecule has 1 aromatic carbocycles. The number of carbonyl (C=O) groups excluding carboxylic acids is 1.